The molecule has 1 unspecified atom stereocenters. The quantitative estimate of drug-likeness (QED) is 0.0635. The first-order valence-corrected chi connectivity index (χ1v) is 25.5. The van der Waals surface area contributed by atoms with Gasteiger partial charge in [-0.1, -0.05) is 57.2 Å². The van der Waals surface area contributed by atoms with Crippen molar-refractivity contribution in [3.8, 4) is 32.1 Å². The number of pyridine rings is 2. The Labute approximate surface area is 416 Å². The minimum atomic E-state index is -0.963. The smallest absolute Gasteiger partial charge is 0.246 e. The van der Waals surface area contributed by atoms with E-state index in [1.165, 1.54) is 4.90 Å². The molecule has 3 N–H and O–H groups in total. The van der Waals surface area contributed by atoms with Crippen molar-refractivity contribution in [1.82, 2.24) is 35.5 Å². The molecule has 0 spiro atoms. The molecule has 2 aliphatic heterocycles. The summed E-state index contributed by atoms with van der Waals surface area (Å²) < 4.78 is 24.1. The Morgan fingerprint density at radius 1 is 0.857 bits per heavy atom. The van der Waals surface area contributed by atoms with Gasteiger partial charge in [-0.3, -0.25) is 19.4 Å². The molecule has 2 saturated heterocycles. The fourth-order valence-electron chi connectivity index (χ4n) is 8.63. The summed E-state index contributed by atoms with van der Waals surface area (Å²) in [7, 11) is 0. The predicted molar refractivity (Wildman–Crippen MR) is 271 cm³/mol. The second-order valence-corrected chi connectivity index (χ2v) is 20.6. The summed E-state index contributed by atoms with van der Waals surface area (Å²) in [5.74, 6) is -0.363. The molecule has 0 radical (unpaired) electrons. The van der Waals surface area contributed by atoms with Crippen LogP contribution in [0.4, 0.5) is 5.82 Å². The second-order valence-electron chi connectivity index (χ2n) is 18.7. The van der Waals surface area contributed by atoms with Crippen LogP contribution in [0.25, 0.3) is 42.4 Å². The van der Waals surface area contributed by atoms with E-state index < -0.39 is 35.4 Å². The predicted octanol–water partition coefficient (Wildman–Crippen LogP) is 6.87. The molecule has 2 aliphatic rings. The molecular formula is C52H62N8O8S2. The highest BCUT2D eigenvalue weighted by molar-refractivity contribution is 7.21. The number of likely N-dealkylation sites (tertiary alicyclic amines) is 1. The first kappa shape index (κ1) is 50.7. The molecule has 0 bridgehead atoms. The van der Waals surface area contributed by atoms with Crippen molar-refractivity contribution >= 4 is 56.4 Å². The number of carbonyl (C=O) groups is 3. The van der Waals surface area contributed by atoms with Crippen molar-refractivity contribution in [2.75, 3.05) is 70.8 Å². The zero-order valence-corrected chi connectivity index (χ0v) is 42.0. The summed E-state index contributed by atoms with van der Waals surface area (Å²) in [5, 5.41) is 17.4. The molecule has 6 heterocycles. The Balaban J connectivity index is 0.684. The van der Waals surface area contributed by atoms with E-state index in [0.717, 1.165) is 78.9 Å². The van der Waals surface area contributed by atoms with Crippen molar-refractivity contribution in [2.45, 2.75) is 77.8 Å². The van der Waals surface area contributed by atoms with Gasteiger partial charge in [-0.25, -0.2) is 15.0 Å². The second kappa shape index (κ2) is 23.5. The lowest BCUT2D eigenvalue weighted by atomic mass is 9.85. The number of carbonyl (C=O) groups excluding carboxylic acids is 3. The van der Waals surface area contributed by atoms with E-state index >= 15 is 0 Å². The molecule has 8 rings (SSSR count). The van der Waals surface area contributed by atoms with E-state index in [9.17, 15) is 19.5 Å². The molecule has 0 saturated carbocycles. The molecule has 2 aromatic carbocycles. The zero-order valence-electron chi connectivity index (χ0n) is 40.3. The number of aliphatic hydroxyl groups excluding tert-OH is 1. The van der Waals surface area contributed by atoms with Crippen molar-refractivity contribution in [2.24, 2.45) is 5.41 Å². The van der Waals surface area contributed by atoms with E-state index in [2.05, 4.69) is 61.9 Å². The molecule has 370 valence electrons. The largest absolute Gasteiger partial charge is 0.391 e. The Morgan fingerprint density at radius 3 is 2.30 bits per heavy atom. The summed E-state index contributed by atoms with van der Waals surface area (Å²) in [6.45, 7) is 12.8. The normalized spacial score (nSPS) is 18.1. The molecular weight excluding hydrogens is 929 g/mol. The number of ether oxygens (including phenoxy) is 4. The van der Waals surface area contributed by atoms with Gasteiger partial charge in [-0.05, 0) is 72.7 Å². The van der Waals surface area contributed by atoms with Crippen molar-refractivity contribution in [3.05, 3.63) is 102 Å². The third-order valence-corrected chi connectivity index (χ3v) is 14.5. The molecule has 0 aliphatic carbocycles. The van der Waals surface area contributed by atoms with Crippen molar-refractivity contribution < 1.29 is 38.4 Å². The van der Waals surface area contributed by atoms with E-state index in [4.69, 9.17) is 28.9 Å². The number of anilines is 1. The highest BCUT2D eigenvalue weighted by Gasteiger charge is 2.44. The van der Waals surface area contributed by atoms with Crippen LogP contribution in [0.5, 0.6) is 0 Å². The number of aliphatic hydroxyl groups is 1. The van der Waals surface area contributed by atoms with Gasteiger partial charge in [-0.2, -0.15) is 0 Å². The SMILES string of the molecule is Cc1ncsc1-c1ccc([C@H](C)NC(=O)[C@@H]2C[C@@H](O)CN2C(=O)[C@@H](NC(=O)COCCOCCOCCOC2CCN(c3ccc(-c4nc5ccc(-c6cccnc6)cc5s4)cn3)C2)C(C)(C)C)cc1. The molecule has 70 heavy (non-hydrogen) atoms. The summed E-state index contributed by atoms with van der Waals surface area (Å²) >= 11 is 3.23. The number of hydrogen-bond acceptors (Lipinski definition) is 15. The van der Waals surface area contributed by atoms with Crippen LogP contribution < -0.4 is 15.5 Å². The average Bonchev–Trinajstić information content (AvgIpc) is 4.19. The number of benzene rings is 2. The molecule has 2 fully saturated rings. The van der Waals surface area contributed by atoms with Crippen LogP contribution in [-0.4, -0.2) is 138 Å². The van der Waals surface area contributed by atoms with Gasteiger partial charge in [0.1, 0.15) is 29.5 Å². The van der Waals surface area contributed by atoms with Crippen LogP contribution in [-0.2, 0) is 33.3 Å². The molecule has 4 aromatic heterocycles. The van der Waals surface area contributed by atoms with Gasteiger partial charge in [-0.15, -0.1) is 22.7 Å². The van der Waals surface area contributed by atoms with Gasteiger partial charge >= 0.3 is 0 Å². The number of nitrogens with zero attached hydrogens (tertiary/aromatic N) is 6. The minimum absolute atomic E-state index is 0.0154. The summed E-state index contributed by atoms with van der Waals surface area (Å²) in [5.41, 5.74) is 8.19. The highest BCUT2D eigenvalue weighted by Crippen LogP contribution is 2.34. The van der Waals surface area contributed by atoms with Crippen molar-refractivity contribution in [3.63, 3.8) is 0 Å². The minimum Gasteiger partial charge on any atom is -0.391 e. The Kier molecular flexibility index (Phi) is 17.0. The molecule has 3 amide bonds. The molecule has 16 nitrogen and oxygen atoms in total. The Bertz CT molecular complexity index is 2680. The fourth-order valence-corrected chi connectivity index (χ4v) is 10.4. The number of thiazole rings is 2. The van der Waals surface area contributed by atoms with E-state index in [1.54, 1.807) is 28.9 Å². The van der Waals surface area contributed by atoms with E-state index in [1.807, 2.05) is 82.9 Å². The van der Waals surface area contributed by atoms with Crippen LogP contribution in [0, 0.1) is 12.3 Å². The maximum atomic E-state index is 14.0. The number of aryl methyl sites for hydroxylation is 1. The van der Waals surface area contributed by atoms with Gasteiger partial charge in [0.25, 0.3) is 0 Å². The number of β-amino-alcohol motifs (C(OH)–C–C–N with tert-alkyl or cyclic N) is 1. The van der Waals surface area contributed by atoms with Crippen LogP contribution in [0.1, 0.15) is 57.8 Å². The van der Waals surface area contributed by atoms with Gasteiger partial charge in [0.15, 0.2) is 0 Å². The first-order chi connectivity index (χ1) is 33.8. The van der Waals surface area contributed by atoms with Crippen LogP contribution >= 0.6 is 22.7 Å². The first-order valence-electron chi connectivity index (χ1n) is 23.8. The van der Waals surface area contributed by atoms with Crippen molar-refractivity contribution in [1.29, 1.82) is 0 Å². The molecule has 6 aromatic rings. The zero-order chi connectivity index (χ0) is 49.2. The average molecular weight is 991 g/mol. The number of aromatic nitrogens is 4. The number of rotatable bonds is 21. The monoisotopic (exact) mass is 990 g/mol. The Hall–Kier alpha value is -5.73. The van der Waals surface area contributed by atoms with Gasteiger partial charge in [0, 0.05) is 55.8 Å². The third kappa shape index (κ3) is 13.0. The van der Waals surface area contributed by atoms with Crippen LogP contribution in [0.3, 0.4) is 0 Å². The lowest BCUT2D eigenvalue weighted by molar-refractivity contribution is -0.144. The maximum Gasteiger partial charge on any atom is 0.246 e. The summed E-state index contributed by atoms with van der Waals surface area (Å²) in [6, 6.07) is 20.2. The van der Waals surface area contributed by atoms with E-state index in [-0.39, 0.29) is 50.8 Å². The number of amides is 3. The number of nitrogens with one attached hydrogen (secondary N) is 2. The lowest BCUT2D eigenvalue weighted by Gasteiger charge is -2.35. The Morgan fingerprint density at radius 2 is 1.60 bits per heavy atom. The van der Waals surface area contributed by atoms with Gasteiger partial charge in [0.2, 0.25) is 17.7 Å². The molecule has 5 atom stereocenters. The van der Waals surface area contributed by atoms with Crippen LogP contribution in [0.2, 0.25) is 0 Å². The fraction of sp³-hybridized carbons (Fsp3) is 0.442. The standard InChI is InChI=1S/C52H62N8O8S2/c1-33(35-8-10-36(11-9-35)47-34(2)55-32-69-47)56-49(63)43-26-40(61)29-60(43)51(64)48(52(3,4)5)58-46(62)31-67-22-21-65-19-20-66-23-24-68-41-16-18-59(30-41)45-15-13-39(28-54-45)50-57-42-14-12-37(25-44(42)70-50)38-7-6-17-53-27-38/h6-15,17,25,27-28,32-33,40-41,43,48,61H,16,18-24,26,29-31H2,1-5H3,(H,56,63)(H,58,62)/t33-,40+,41?,43-,48+/m0/s1. The topological polar surface area (TPSA) is 190 Å². The number of hydrogen-bond donors (Lipinski definition) is 3. The third-order valence-electron chi connectivity index (χ3n) is 12.5. The lowest BCUT2D eigenvalue weighted by Crippen LogP contribution is -2.58. The highest BCUT2D eigenvalue weighted by atomic mass is 32.1. The molecule has 18 heteroatoms. The summed E-state index contributed by atoms with van der Waals surface area (Å²) in [4.78, 5) is 63.6. The van der Waals surface area contributed by atoms with Gasteiger partial charge in [0.05, 0.1) is 84.2 Å². The van der Waals surface area contributed by atoms with Crippen LogP contribution in [0.15, 0.2) is 90.8 Å². The maximum absolute atomic E-state index is 14.0. The van der Waals surface area contributed by atoms with Gasteiger partial charge < -0.3 is 44.5 Å². The number of fused-ring (bicyclic) bond motifs is 1. The van der Waals surface area contributed by atoms with E-state index in [0.29, 0.717) is 26.4 Å². The summed E-state index contributed by atoms with van der Waals surface area (Å²) in [6.07, 6.45) is 5.76.